The van der Waals surface area contributed by atoms with Crippen molar-refractivity contribution in [3.63, 3.8) is 0 Å². The lowest BCUT2D eigenvalue weighted by Gasteiger charge is -2.13. The molecule has 17 heavy (non-hydrogen) atoms. The van der Waals surface area contributed by atoms with Gasteiger partial charge in [-0.25, -0.2) is 0 Å². The molecule has 3 nitrogen and oxygen atoms in total. The number of pyridine rings is 1. The minimum atomic E-state index is 0.613. The van der Waals surface area contributed by atoms with E-state index in [-0.39, 0.29) is 0 Å². The van der Waals surface area contributed by atoms with Gasteiger partial charge in [-0.15, -0.1) is 0 Å². The molecule has 1 heterocycles. The lowest BCUT2D eigenvalue weighted by Crippen LogP contribution is -1.99. The zero-order chi connectivity index (χ0) is 12.4. The van der Waals surface area contributed by atoms with E-state index >= 15 is 0 Å². The average molecular weight is 357 g/mol. The second-order valence-electron chi connectivity index (χ2n) is 3.67. The Hall–Kier alpha value is -1.07. The molecule has 2 aromatic rings. The SMILES string of the molecule is Cc1cc(Br)ccc1Nc1c(N)cncc1Br. The third-order valence-corrected chi connectivity index (χ3v) is 3.47. The number of aryl methyl sites for hydroxylation is 1. The van der Waals surface area contributed by atoms with E-state index < -0.39 is 0 Å². The minimum absolute atomic E-state index is 0.613. The van der Waals surface area contributed by atoms with E-state index in [1.165, 1.54) is 0 Å². The Balaban J connectivity index is 2.38. The topological polar surface area (TPSA) is 50.9 Å². The number of halogens is 2. The molecule has 0 aliphatic carbocycles. The molecule has 0 unspecified atom stereocenters. The Labute approximate surface area is 117 Å². The predicted octanol–water partition coefficient (Wildman–Crippen LogP) is 4.24. The highest BCUT2D eigenvalue weighted by Gasteiger charge is 2.06. The smallest absolute Gasteiger partial charge is 0.0794 e. The van der Waals surface area contributed by atoms with Gasteiger partial charge < -0.3 is 11.1 Å². The van der Waals surface area contributed by atoms with Crippen LogP contribution in [-0.2, 0) is 0 Å². The molecule has 3 N–H and O–H groups in total. The Morgan fingerprint density at radius 2 is 2.00 bits per heavy atom. The summed E-state index contributed by atoms with van der Waals surface area (Å²) >= 11 is 6.87. The summed E-state index contributed by atoms with van der Waals surface area (Å²) in [4.78, 5) is 4.00. The van der Waals surface area contributed by atoms with Crippen LogP contribution in [0.2, 0.25) is 0 Å². The molecule has 1 aromatic heterocycles. The van der Waals surface area contributed by atoms with Gasteiger partial charge >= 0.3 is 0 Å². The van der Waals surface area contributed by atoms with Crippen molar-refractivity contribution in [3.8, 4) is 0 Å². The number of nitrogen functional groups attached to an aromatic ring is 1. The molecule has 88 valence electrons. The van der Waals surface area contributed by atoms with E-state index in [1.54, 1.807) is 12.4 Å². The van der Waals surface area contributed by atoms with Gasteiger partial charge in [-0.3, -0.25) is 4.98 Å². The molecule has 0 atom stereocenters. The third kappa shape index (κ3) is 2.79. The maximum Gasteiger partial charge on any atom is 0.0794 e. The zero-order valence-corrected chi connectivity index (χ0v) is 12.3. The number of hydrogen-bond donors (Lipinski definition) is 2. The maximum absolute atomic E-state index is 5.88. The number of benzene rings is 1. The second kappa shape index (κ2) is 5.06. The van der Waals surface area contributed by atoms with Crippen LogP contribution < -0.4 is 11.1 Å². The lowest BCUT2D eigenvalue weighted by molar-refractivity contribution is 1.30. The molecular weight excluding hydrogens is 346 g/mol. The van der Waals surface area contributed by atoms with E-state index in [4.69, 9.17) is 5.73 Å². The van der Waals surface area contributed by atoms with Crippen LogP contribution in [0.3, 0.4) is 0 Å². The fraction of sp³-hybridized carbons (Fsp3) is 0.0833. The van der Waals surface area contributed by atoms with Crippen LogP contribution in [0.25, 0.3) is 0 Å². The number of aromatic nitrogens is 1. The summed E-state index contributed by atoms with van der Waals surface area (Å²) < 4.78 is 1.90. The van der Waals surface area contributed by atoms with Gasteiger partial charge in [0.15, 0.2) is 0 Å². The lowest BCUT2D eigenvalue weighted by atomic mass is 10.2. The Bertz CT molecular complexity index is 535. The third-order valence-electron chi connectivity index (χ3n) is 2.38. The van der Waals surface area contributed by atoms with E-state index in [1.807, 2.05) is 25.1 Å². The number of rotatable bonds is 2. The summed E-state index contributed by atoms with van der Waals surface area (Å²) in [6.07, 6.45) is 3.34. The quantitative estimate of drug-likeness (QED) is 0.846. The molecule has 0 radical (unpaired) electrons. The Morgan fingerprint density at radius 1 is 1.24 bits per heavy atom. The van der Waals surface area contributed by atoms with Gasteiger partial charge in [0.1, 0.15) is 0 Å². The highest BCUT2D eigenvalue weighted by Crippen LogP contribution is 2.32. The molecule has 0 bridgehead atoms. The number of anilines is 3. The predicted molar refractivity (Wildman–Crippen MR) is 78.5 cm³/mol. The molecule has 5 heteroatoms. The van der Waals surface area contributed by atoms with Crippen LogP contribution in [0.4, 0.5) is 17.1 Å². The van der Waals surface area contributed by atoms with Gasteiger partial charge in [0.2, 0.25) is 0 Å². The van der Waals surface area contributed by atoms with Crippen LogP contribution in [0.5, 0.6) is 0 Å². The molecule has 1 aromatic carbocycles. The first-order valence-corrected chi connectivity index (χ1v) is 6.58. The fourth-order valence-electron chi connectivity index (χ4n) is 1.48. The normalized spacial score (nSPS) is 10.3. The van der Waals surface area contributed by atoms with Gasteiger partial charge in [0.05, 0.1) is 22.0 Å². The molecule has 0 saturated heterocycles. The Morgan fingerprint density at radius 3 is 2.65 bits per heavy atom. The summed E-state index contributed by atoms with van der Waals surface area (Å²) in [5, 5.41) is 3.30. The highest BCUT2D eigenvalue weighted by atomic mass is 79.9. The van der Waals surface area contributed by atoms with Crippen LogP contribution in [0.1, 0.15) is 5.56 Å². The van der Waals surface area contributed by atoms with Crippen molar-refractivity contribution in [1.82, 2.24) is 4.98 Å². The molecule has 0 aliphatic heterocycles. The standard InChI is InChI=1S/C12H11Br2N3/c1-7-4-8(13)2-3-11(7)17-12-9(14)5-16-6-10(12)15/h2-6H,15H2,1H3,(H,16,17). The molecule has 0 amide bonds. The molecule has 0 fully saturated rings. The molecule has 2 rings (SSSR count). The van der Waals surface area contributed by atoms with Crippen molar-refractivity contribution in [3.05, 3.63) is 45.1 Å². The molecule has 0 aliphatic rings. The second-order valence-corrected chi connectivity index (χ2v) is 5.44. The monoisotopic (exact) mass is 355 g/mol. The summed E-state index contributed by atoms with van der Waals surface area (Å²) in [7, 11) is 0. The molecule has 0 saturated carbocycles. The van der Waals surface area contributed by atoms with E-state index in [9.17, 15) is 0 Å². The summed E-state index contributed by atoms with van der Waals surface area (Å²) in [5.41, 5.74) is 9.50. The number of nitrogens with one attached hydrogen (secondary N) is 1. The first-order valence-electron chi connectivity index (χ1n) is 5.00. The fourth-order valence-corrected chi connectivity index (χ4v) is 2.41. The van der Waals surface area contributed by atoms with Crippen molar-refractivity contribution < 1.29 is 0 Å². The van der Waals surface area contributed by atoms with Crippen LogP contribution >= 0.6 is 31.9 Å². The maximum atomic E-state index is 5.88. The molecule has 0 spiro atoms. The highest BCUT2D eigenvalue weighted by molar-refractivity contribution is 9.10. The minimum Gasteiger partial charge on any atom is -0.396 e. The van der Waals surface area contributed by atoms with E-state index in [0.29, 0.717) is 5.69 Å². The van der Waals surface area contributed by atoms with Gasteiger partial charge in [-0.1, -0.05) is 15.9 Å². The zero-order valence-electron chi connectivity index (χ0n) is 9.17. The van der Waals surface area contributed by atoms with E-state index in [2.05, 4.69) is 42.2 Å². The number of hydrogen-bond acceptors (Lipinski definition) is 3. The Kier molecular flexibility index (Phi) is 3.69. The van der Waals surface area contributed by atoms with Gasteiger partial charge in [-0.05, 0) is 46.6 Å². The van der Waals surface area contributed by atoms with Crippen molar-refractivity contribution in [1.29, 1.82) is 0 Å². The average Bonchev–Trinajstić information content (AvgIpc) is 2.26. The van der Waals surface area contributed by atoms with Crippen LogP contribution in [-0.4, -0.2) is 4.98 Å². The van der Waals surface area contributed by atoms with Crippen molar-refractivity contribution in [2.75, 3.05) is 11.1 Å². The molecular formula is C12H11Br2N3. The van der Waals surface area contributed by atoms with Crippen molar-refractivity contribution in [2.24, 2.45) is 0 Å². The first-order chi connectivity index (χ1) is 8.08. The van der Waals surface area contributed by atoms with E-state index in [0.717, 1.165) is 25.9 Å². The van der Waals surface area contributed by atoms with Gasteiger partial charge in [0, 0.05) is 16.4 Å². The number of nitrogens with two attached hydrogens (primary N) is 1. The summed E-state index contributed by atoms with van der Waals surface area (Å²) in [5.74, 6) is 0. The summed E-state index contributed by atoms with van der Waals surface area (Å²) in [6.45, 7) is 2.04. The summed E-state index contributed by atoms with van der Waals surface area (Å²) in [6, 6.07) is 6.04. The largest absolute Gasteiger partial charge is 0.396 e. The van der Waals surface area contributed by atoms with Crippen LogP contribution in [0.15, 0.2) is 39.5 Å². The van der Waals surface area contributed by atoms with Gasteiger partial charge in [-0.2, -0.15) is 0 Å². The first kappa shape index (κ1) is 12.4. The van der Waals surface area contributed by atoms with Crippen molar-refractivity contribution >= 4 is 48.9 Å². The van der Waals surface area contributed by atoms with Crippen molar-refractivity contribution in [2.45, 2.75) is 6.92 Å². The number of nitrogens with zero attached hydrogens (tertiary/aromatic N) is 1. The van der Waals surface area contributed by atoms with Crippen LogP contribution in [0, 0.1) is 6.92 Å². The van der Waals surface area contributed by atoms with Gasteiger partial charge in [0.25, 0.3) is 0 Å².